The van der Waals surface area contributed by atoms with E-state index in [-0.39, 0.29) is 11.3 Å². The summed E-state index contributed by atoms with van der Waals surface area (Å²) in [6, 6.07) is 6.94. The molecule has 6 aliphatic rings. The van der Waals surface area contributed by atoms with Crippen LogP contribution < -0.4 is 5.73 Å². The Morgan fingerprint density at radius 2 is 2.00 bits per heavy atom. The largest absolute Gasteiger partial charge is 0.366 e. The van der Waals surface area contributed by atoms with E-state index in [1.807, 2.05) is 6.07 Å². The molecule has 5 nitrogen and oxygen atoms in total. The first-order valence-electron chi connectivity index (χ1n) is 11.5. The zero-order valence-corrected chi connectivity index (χ0v) is 17.0. The maximum Gasteiger partial charge on any atom is 0.248 e. The van der Waals surface area contributed by atoms with E-state index in [0.717, 1.165) is 31.6 Å². The summed E-state index contributed by atoms with van der Waals surface area (Å²) < 4.78 is 12.5. The van der Waals surface area contributed by atoms with Crippen LogP contribution in [0.25, 0.3) is 0 Å². The second-order valence-electron chi connectivity index (χ2n) is 10.9. The lowest BCUT2D eigenvalue weighted by Gasteiger charge is -2.57. The summed E-state index contributed by atoms with van der Waals surface area (Å²) >= 11 is 0. The molecule has 5 heteroatoms. The quantitative estimate of drug-likeness (QED) is 0.856. The molecule has 2 heterocycles. The minimum Gasteiger partial charge on any atom is -0.366 e. The van der Waals surface area contributed by atoms with Gasteiger partial charge in [0.2, 0.25) is 5.91 Å². The van der Waals surface area contributed by atoms with Crippen LogP contribution in [0.2, 0.25) is 0 Å². The van der Waals surface area contributed by atoms with Crippen LogP contribution in [-0.2, 0) is 21.3 Å². The van der Waals surface area contributed by atoms with Crippen LogP contribution in [0, 0.1) is 17.3 Å². The molecular weight excluding hydrogens is 364 g/mol. The van der Waals surface area contributed by atoms with Gasteiger partial charge in [0.15, 0.2) is 5.79 Å². The van der Waals surface area contributed by atoms with Crippen LogP contribution in [0.15, 0.2) is 18.2 Å². The second kappa shape index (κ2) is 5.43. The van der Waals surface area contributed by atoms with Gasteiger partial charge in [0.25, 0.3) is 0 Å². The summed E-state index contributed by atoms with van der Waals surface area (Å²) in [6.07, 6.45) is 8.32. The van der Waals surface area contributed by atoms with E-state index in [2.05, 4.69) is 17.0 Å². The van der Waals surface area contributed by atoms with Crippen molar-refractivity contribution in [2.75, 3.05) is 26.3 Å². The van der Waals surface area contributed by atoms with Crippen LogP contribution in [-0.4, -0.2) is 48.9 Å². The molecule has 5 fully saturated rings. The molecule has 3 spiro atoms. The molecule has 4 aliphatic carbocycles. The van der Waals surface area contributed by atoms with Crippen LogP contribution >= 0.6 is 0 Å². The molecule has 29 heavy (non-hydrogen) atoms. The molecule has 1 aromatic rings. The molecule has 3 saturated carbocycles. The van der Waals surface area contributed by atoms with Crippen molar-refractivity contribution in [3.05, 3.63) is 34.9 Å². The van der Waals surface area contributed by atoms with E-state index in [9.17, 15) is 4.79 Å². The monoisotopic (exact) mass is 394 g/mol. The van der Waals surface area contributed by atoms with Gasteiger partial charge in [-0.25, -0.2) is 0 Å². The van der Waals surface area contributed by atoms with Crippen molar-refractivity contribution in [2.24, 2.45) is 23.0 Å². The van der Waals surface area contributed by atoms with Gasteiger partial charge < -0.3 is 15.2 Å². The van der Waals surface area contributed by atoms with Crippen molar-refractivity contribution in [1.82, 2.24) is 4.90 Å². The number of carbonyl (C=O) groups excluding carboxylic acids is 1. The van der Waals surface area contributed by atoms with Crippen LogP contribution in [0.4, 0.5) is 0 Å². The topological polar surface area (TPSA) is 64.8 Å². The number of likely N-dealkylation sites (tertiary alicyclic amines) is 1. The van der Waals surface area contributed by atoms with Crippen molar-refractivity contribution >= 4 is 5.91 Å². The van der Waals surface area contributed by atoms with Gasteiger partial charge in [-0.3, -0.25) is 9.69 Å². The van der Waals surface area contributed by atoms with Gasteiger partial charge in [-0.15, -0.1) is 0 Å². The first-order chi connectivity index (χ1) is 14.0. The van der Waals surface area contributed by atoms with Gasteiger partial charge in [0.05, 0.1) is 13.2 Å². The third-order valence-electron chi connectivity index (χ3n) is 9.19. The van der Waals surface area contributed by atoms with Crippen LogP contribution in [0.1, 0.15) is 60.0 Å². The summed E-state index contributed by atoms with van der Waals surface area (Å²) in [7, 11) is 0. The average molecular weight is 395 g/mol. The van der Waals surface area contributed by atoms with Gasteiger partial charge in [-0.1, -0.05) is 6.07 Å². The maximum absolute atomic E-state index is 12.0. The Hall–Kier alpha value is -1.43. The lowest BCUT2D eigenvalue weighted by Crippen LogP contribution is -2.65. The number of ether oxygens (including phenoxy) is 2. The van der Waals surface area contributed by atoms with Crippen LogP contribution in [0.3, 0.4) is 0 Å². The number of primary amides is 1. The molecule has 7 rings (SSSR count). The fourth-order valence-electron chi connectivity index (χ4n) is 8.24. The summed E-state index contributed by atoms with van der Waals surface area (Å²) in [6.45, 7) is 3.95. The fraction of sp³-hybridized carbons (Fsp3) is 0.708. The van der Waals surface area contributed by atoms with Crippen molar-refractivity contribution in [3.8, 4) is 0 Å². The third-order valence-corrected chi connectivity index (χ3v) is 9.19. The van der Waals surface area contributed by atoms with E-state index in [1.54, 1.807) is 0 Å². The van der Waals surface area contributed by atoms with E-state index in [1.165, 1.54) is 43.5 Å². The SMILES string of the molecule is NC(=O)c1ccc2c(c1)C13CC4(CCC1C1N(CC5CC5)CC1(C2)C3)OCCO4. The number of nitrogens with zero attached hydrogens (tertiary/aromatic N) is 1. The molecule has 4 atom stereocenters. The Morgan fingerprint density at radius 3 is 2.76 bits per heavy atom. The normalized spacial score (nSPS) is 41.5. The van der Waals surface area contributed by atoms with Gasteiger partial charge in [-0.2, -0.15) is 0 Å². The zero-order chi connectivity index (χ0) is 19.4. The van der Waals surface area contributed by atoms with Gasteiger partial charge in [0.1, 0.15) is 0 Å². The number of hydrogen-bond donors (Lipinski definition) is 1. The second-order valence-corrected chi connectivity index (χ2v) is 10.9. The molecule has 0 radical (unpaired) electrons. The maximum atomic E-state index is 12.0. The van der Waals surface area contributed by atoms with E-state index < -0.39 is 5.79 Å². The fourth-order valence-corrected chi connectivity index (χ4v) is 8.24. The highest BCUT2D eigenvalue weighted by Gasteiger charge is 2.73. The number of fused-ring (bicyclic) bond motifs is 2. The Kier molecular flexibility index (Phi) is 3.23. The van der Waals surface area contributed by atoms with Crippen molar-refractivity contribution in [1.29, 1.82) is 0 Å². The summed E-state index contributed by atoms with van der Waals surface area (Å²) in [5.74, 6) is 0.832. The van der Waals surface area contributed by atoms with Gasteiger partial charge >= 0.3 is 0 Å². The predicted octanol–water partition coefficient (Wildman–Crippen LogP) is 2.61. The molecule has 2 saturated heterocycles. The number of nitrogens with two attached hydrogens (primary N) is 1. The van der Waals surface area contributed by atoms with Crippen molar-refractivity contribution in [3.63, 3.8) is 0 Å². The number of carbonyl (C=O) groups is 1. The molecule has 2 N–H and O–H groups in total. The lowest BCUT2D eigenvalue weighted by atomic mass is 9.58. The minimum atomic E-state index is -0.417. The smallest absolute Gasteiger partial charge is 0.248 e. The van der Waals surface area contributed by atoms with Crippen molar-refractivity contribution < 1.29 is 14.3 Å². The number of hydrogen-bond acceptors (Lipinski definition) is 4. The minimum absolute atomic E-state index is 0.0601. The summed E-state index contributed by atoms with van der Waals surface area (Å²) in [5.41, 5.74) is 9.61. The highest BCUT2D eigenvalue weighted by molar-refractivity contribution is 5.93. The predicted molar refractivity (Wildman–Crippen MR) is 107 cm³/mol. The van der Waals surface area contributed by atoms with Gasteiger partial charge in [-0.05, 0) is 67.2 Å². The zero-order valence-electron chi connectivity index (χ0n) is 17.0. The highest BCUT2D eigenvalue weighted by Crippen LogP contribution is 2.71. The first kappa shape index (κ1) is 17.3. The molecule has 1 amide bonds. The lowest BCUT2D eigenvalue weighted by molar-refractivity contribution is -0.200. The van der Waals surface area contributed by atoms with Crippen LogP contribution in [0.5, 0.6) is 0 Å². The summed E-state index contributed by atoms with van der Waals surface area (Å²) in [5, 5.41) is 0. The number of rotatable bonds is 3. The Labute approximate surface area is 171 Å². The molecule has 2 aliphatic heterocycles. The van der Waals surface area contributed by atoms with Gasteiger partial charge in [0, 0.05) is 48.4 Å². The Balaban J connectivity index is 1.36. The van der Waals surface area contributed by atoms with E-state index >= 15 is 0 Å². The molecule has 154 valence electrons. The standard InChI is InChI=1S/C24H30N2O3/c25-21(27)16-3-4-17-10-22-12-23(19(17)9-16)13-24(28-7-8-29-24)6-5-18(23)20(22)26(14-22)11-15-1-2-15/h3-4,9,15,18,20H,1-2,5-8,10-14H2,(H2,25,27). The molecule has 2 bridgehead atoms. The summed E-state index contributed by atoms with van der Waals surface area (Å²) in [4.78, 5) is 14.8. The molecule has 4 unspecified atom stereocenters. The third kappa shape index (κ3) is 2.19. The van der Waals surface area contributed by atoms with E-state index in [0.29, 0.717) is 36.2 Å². The molecular formula is C24H30N2O3. The van der Waals surface area contributed by atoms with E-state index in [4.69, 9.17) is 15.2 Å². The Morgan fingerprint density at radius 1 is 1.17 bits per heavy atom. The number of amides is 1. The first-order valence-corrected chi connectivity index (χ1v) is 11.5. The molecule has 1 aromatic carbocycles. The van der Waals surface area contributed by atoms with Crippen molar-refractivity contribution in [2.45, 2.75) is 62.2 Å². The number of benzene rings is 1. The highest BCUT2D eigenvalue weighted by atomic mass is 16.7. The average Bonchev–Trinajstić information content (AvgIpc) is 3.36. The molecule has 0 aromatic heterocycles. The Bertz CT molecular complexity index is 905.